The number of fused-ring (bicyclic) bond motifs is 5. The van der Waals surface area contributed by atoms with Gasteiger partial charge < -0.3 is 0 Å². The molecule has 0 spiro atoms. The summed E-state index contributed by atoms with van der Waals surface area (Å²) < 4.78 is 0. The fraction of sp³-hybridized carbons (Fsp3) is 0.0238. The number of benzene rings is 7. The molecule has 1 nitrogen and oxygen atoms in total. The molecule has 0 N–H and O–H groups in total. The van der Waals surface area contributed by atoms with Gasteiger partial charge in [-0.25, -0.2) is 0 Å². The van der Waals surface area contributed by atoms with Crippen LogP contribution in [0.2, 0.25) is 0 Å². The van der Waals surface area contributed by atoms with Crippen LogP contribution in [0.1, 0.15) is 5.56 Å². The van der Waals surface area contributed by atoms with Crippen molar-refractivity contribution in [1.29, 1.82) is 0 Å². The van der Waals surface area contributed by atoms with Crippen molar-refractivity contribution in [3.05, 3.63) is 151 Å². The van der Waals surface area contributed by atoms with Crippen LogP contribution < -0.4 is 0 Å². The highest BCUT2D eigenvalue weighted by Gasteiger charge is 2.31. The van der Waals surface area contributed by atoms with Crippen LogP contribution in [-0.2, 0) is 0 Å². The Kier molecular flexibility index (Phi) is 5.18. The van der Waals surface area contributed by atoms with Gasteiger partial charge >= 0.3 is 0 Å². The summed E-state index contributed by atoms with van der Waals surface area (Å²) in [5, 5.41) is 6.37. The number of aryl methyl sites for hydroxylation is 1. The van der Waals surface area contributed by atoms with Crippen molar-refractivity contribution in [3.63, 3.8) is 0 Å². The number of nitrogens with zero attached hydrogens (tertiary/aromatic N) is 1. The first-order valence-corrected chi connectivity index (χ1v) is 14.9. The fourth-order valence-corrected chi connectivity index (χ4v) is 7.39. The monoisotopic (exact) mass is 545 g/mol. The average molecular weight is 546 g/mol. The number of aromatic nitrogens is 1. The van der Waals surface area contributed by atoms with Gasteiger partial charge in [0.2, 0.25) is 0 Å². The minimum Gasteiger partial charge on any atom is -0.256 e. The van der Waals surface area contributed by atoms with Crippen LogP contribution in [0.5, 0.6) is 0 Å². The van der Waals surface area contributed by atoms with Gasteiger partial charge in [-0.2, -0.15) is 0 Å². The first kappa shape index (κ1) is 24.1. The summed E-state index contributed by atoms with van der Waals surface area (Å²) in [4.78, 5) is 4.75. The zero-order valence-electron chi connectivity index (χ0n) is 23.8. The summed E-state index contributed by atoms with van der Waals surface area (Å²) in [6.07, 6.45) is 1.89. The first-order chi connectivity index (χ1) is 21.3. The van der Waals surface area contributed by atoms with Gasteiger partial charge in [0.05, 0.1) is 5.52 Å². The highest BCUT2D eigenvalue weighted by molar-refractivity contribution is 6.29. The predicted octanol–water partition coefficient (Wildman–Crippen LogP) is 11.5. The SMILES string of the molecule is Cc1ccc(-c2ccc3c4c(cccc24)-c2c-3c(-c3ccccc3)c3ccccc3c2-c2ccccc2)c2cccnc12. The molecule has 0 aliphatic heterocycles. The zero-order valence-corrected chi connectivity index (χ0v) is 23.8. The predicted molar refractivity (Wildman–Crippen MR) is 182 cm³/mol. The molecule has 1 heterocycles. The second-order valence-corrected chi connectivity index (χ2v) is 11.5. The Hall–Kier alpha value is -5.53. The minimum absolute atomic E-state index is 1.07. The summed E-state index contributed by atoms with van der Waals surface area (Å²) in [6.45, 7) is 2.14. The maximum Gasteiger partial charge on any atom is 0.0737 e. The molecule has 200 valence electrons. The summed E-state index contributed by atoms with van der Waals surface area (Å²) in [6, 6.07) is 51.1. The third kappa shape index (κ3) is 3.43. The molecule has 7 aromatic carbocycles. The minimum atomic E-state index is 1.07. The largest absolute Gasteiger partial charge is 0.256 e. The van der Waals surface area contributed by atoms with E-state index in [0.717, 1.165) is 5.52 Å². The fourth-order valence-electron chi connectivity index (χ4n) is 7.39. The van der Waals surface area contributed by atoms with Crippen molar-refractivity contribution >= 4 is 32.4 Å². The van der Waals surface area contributed by atoms with Crippen molar-refractivity contribution < 1.29 is 0 Å². The Balaban J connectivity index is 1.46. The molecule has 0 fully saturated rings. The standard InChI is InChI=1S/C42H27N/c1-26-21-22-30(34-20-11-25-43-42(26)34)29-23-24-36-39-31(29)18-10-19-35(39)40-37(27-12-4-2-5-13-27)32-16-8-9-17-33(32)38(41(36)40)28-14-6-3-7-15-28/h2-25H,1H3. The van der Waals surface area contributed by atoms with Crippen LogP contribution in [-0.4, -0.2) is 4.98 Å². The van der Waals surface area contributed by atoms with Crippen molar-refractivity contribution in [3.8, 4) is 55.6 Å². The van der Waals surface area contributed by atoms with Gasteiger partial charge in [0, 0.05) is 11.6 Å². The van der Waals surface area contributed by atoms with Crippen molar-refractivity contribution in [2.24, 2.45) is 0 Å². The van der Waals surface area contributed by atoms with E-state index in [-0.39, 0.29) is 0 Å². The summed E-state index contributed by atoms with van der Waals surface area (Å²) >= 11 is 0. The van der Waals surface area contributed by atoms with E-state index in [1.807, 2.05) is 12.3 Å². The molecule has 9 rings (SSSR count). The second-order valence-electron chi connectivity index (χ2n) is 11.5. The van der Waals surface area contributed by atoms with Crippen LogP contribution in [0.15, 0.2) is 146 Å². The number of pyridine rings is 1. The van der Waals surface area contributed by atoms with E-state index >= 15 is 0 Å². The molecular formula is C42H27N. The highest BCUT2D eigenvalue weighted by atomic mass is 14.6. The normalized spacial score (nSPS) is 11.8. The van der Waals surface area contributed by atoms with E-state index < -0.39 is 0 Å². The lowest BCUT2D eigenvalue weighted by Gasteiger charge is -2.20. The van der Waals surface area contributed by atoms with E-state index in [1.165, 1.54) is 88.1 Å². The number of hydrogen-bond donors (Lipinski definition) is 0. The summed E-state index contributed by atoms with van der Waals surface area (Å²) in [5.74, 6) is 0. The molecule has 1 aromatic heterocycles. The third-order valence-corrected chi connectivity index (χ3v) is 9.18. The lowest BCUT2D eigenvalue weighted by atomic mass is 9.82. The maximum atomic E-state index is 4.75. The molecule has 0 saturated carbocycles. The number of hydrogen-bond acceptors (Lipinski definition) is 1. The van der Waals surface area contributed by atoms with Crippen molar-refractivity contribution in [1.82, 2.24) is 4.98 Å². The molecule has 8 aromatic rings. The lowest BCUT2D eigenvalue weighted by molar-refractivity contribution is 1.37. The Morgan fingerprint density at radius 2 is 0.884 bits per heavy atom. The molecule has 0 radical (unpaired) electrons. The Bertz CT molecular complexity index is 2290. The van der Waals surface area contributed by atoms with Crippen molar-refractivity contribution in [2.45, 2.75) is 6.92 Å². The maximum absolute atomic E-state index is 4.75. The molecule has 0 unspecified atom stereocenters. The van der Waals surface area contributed by atoms with Crippen LogP contribution in [0.4, 0.5) is 0 Å². The smallest absolute Gasteiger partial charge is 0.0737 e. The van der Waals surface area contributed by atoms with Crippen LogP contribution in [0.3, 0.4) is 0 Å². The van der Waals surface area contributed by atoms with Gasteiger partial charge in [0.1, 0.15) is 0 Å². The van der Waals surface area contributed by atoms with Gasteiger partial charge in [0.15, 0.2) is 0 Å². The van der Waals surface area contributed by atoms with Crippen molar-refractivity contribution in [2.75, 3.05) is 0 Å². The first-order valence-electron chi connectivity index (χ1n) is 14.9. The molecule has 43 heavy (non-hydrogen) atoms. The van der Waals surface area contributed by atoms with Gasteiger partial charge in [0.25, 0.3) is 0 Å². The second kappa shape index (κ2) is 9.24. The van der Waals surface area contributed by atoms with Gasteiger partial charge in [-0.05, 0) is 95.7 Å². The quantitative estimate of drug-likeness (QED) is 0.215. The Labute approximate surface area is 250 Å². The summed E-state index contributed by atoms with van der Waals surface area (Å²) in [5.41, 5.74) is 15.1. The van der Waals surface area contributed by atoms with E-state index in [4.69, 9.17) is 4.98 Å². The molecule has 0 atom stereocenters. The molecule has 0 amide bonds. The molecule has 1 aliphatic carbocycles. The molecule has 1 heteroatoms. The number of rotatable bonds is 3. The van der Waals surface area contributed by atoms with Gasteiger partial charge in [-0.3, -0.25) is 4.98 Å². The Morgan fingerprint density at radius 1 is 0.372 bits per heavy atom. The topological polar surface area (TPSA) is 12.9 Å². The van der Waals surface area contributed by atoms with Gasteiger partial charge in [-0.1, -0.05) is 133 Å². The van der Waals surface area contributed by atoms with E-state index in [2.05, 4.69) is 140 Å². The van der Waals surface area contributed by atoms with E-state index in [9.17, 15) is 0 Å². The van der Waals surface area contributed by atoms with Crippen LogP contribution in [0.25, 0.3) is 88.1 Å². The van der Waals surface area contributed by atoms with Crippen LogP contribution in [0, 0.1) is 6.92 Å². The van der Waals surface area contributed by atoms with Crippen LogP contribution >= 0.6 is 0 Å². The van der Waals surface area contributed by atoms with E-state index in [1.54, 1.807) is 0 Å². The Morgan fingerprint density at radius 3 is 1.56 bits per heavy atom. The lowest BCUT2D eigenvalue weighted by Crippen LogP contribution is -1.93. The highest BCUT2D eigenvalue weighted by Crippen LogP contribution is 2.58. The molecule has 0 saturated heterocycles. The third-order valence-electron chi connectivity index (χ3n) is 9.18. The zero-order chi connectivity index (χ0) is 28.5. The van der Waals surface area contributed by atoms with Gasteiger partial charge in [-0.15, -0.1) is 0 Å². The van der Waals surface area contributed by atoms with E-state index in [0.29, 0.717) is 0 Å². The molecule has 0 bridgehead atoms. The molecular weight excluding hydrogens is 518 g/mol. The molecule has 1 aliphatic rings. The average Bonchev–Trinajstić information content (AvgIpc) is 3.40. The summed E-state index contributed by atoms with van der Waals surface area (Å²) in [7, 11) is 0.